The molecule has 0 aromatic heterocycles. The van der Waals surface area contributed by atoms with Gasteiger partial charge in [0, 0.05) is 9.92 Å². The Morgan fingerprint density at radius 2 is 2.31 bits per heavy atom. The second-order valence-electron chi connectivity index (χ2n) is 3.56. The molecule has 4 heteroatoms. The van der Waals surface area contributed by atoms with E-state index in [-0.39, 0.29) is 11.0 Å². The summed E-state index contributed by atoms with van der Waals surface area (Å²) >= 11 is 5.84. The van der Waals surface area contributed by atoms with Crippen LogP contribution in [0.5, 0.6) is 0 Å². The molecule has 0 fully saturated rings. The van der Waals surface area contributed by atoms with E-state index in [1.165, 1.54) is 0 Å². The van der Waals surface area contributed by atoms with Crippen LogP contribution in [0.15, 0.2) is 41.5 Å². The van der Waals surface area contributed by atoms with E-state index in [9.17, 15) is 9.32 Å². The summed E-state index contributed by atoms with van der Waals surface area (Å²) in [6, 6.07) is 5.15. The van der Waals surface area contributed by atoms with Crippen LogP contribution in [0.25, 0.3) is 6.08 Å². The Morgan fingerprint density at radius 1 is 1.56 bits per heavy atom. The highest BCUT2D eigenvalue weighted by Crippen LogP contribution is 2.31. The van der Waals surface area contributed by atoms with Crippen molar-refractivity contribution >= 4 is 28.5 Å². The Kier molecular flexibility index (Phi) is 3.17. The van der Waals surface area contributed by atoms with Gasteiger partial charge in [0.15, 0.2) is 0 Å². The van der Waals surface area contributed by atoms with E-state index in [1.54, 1.807) is 30.4 Å². The minimum atomic E-state index is -1.24. The van der Waals surface area contributed by atoms with Crippen molar-refractivity contribution in [2.45, 2.75) is 16.6 Å². The molecule has 0 radical (unpaired) electrons. The van der Waals surface area contributed by atoms with Gasteiger partial charge in [-0.2, -0.15) is 0 Å². The Morgan fingerprint density at radius 3 is 3.00 bits per heavy atom. The van der Waals surface area contributed by atoms with E-state index in [4.69, 9.17) is 11.6 Å². The second kappa shape index (κ2) is 4.44. The normalized spacial score (nSPS) is 23.4. The number of benzene rings is 1. The summed E-state index contributed by atoms with van der Waals surface area (Å²) in [5, 5.41) is 9.97. The second-order valence-corrected chi connectivity index (χ2v) is 5.60. The number of hydrogen-bond donors (Lipinski definition) is 1. The third-order valence-corrected chi connectivity index (χ3v) is 4.45. The molecule has 1 aliphatic heterocycles. The van der Waals surface area contributed by atoms with Gasteiger partial charge in [0.2, 0.25) is 0 Å². The lowest BCUT2D eigenvalue weighted by atomic mass is 10.1. The lowest BCUT2D eigenvalue weighted by Crippen LogP contribution is -2.21. The number of halogens is 1. The maximum Gasteiger partial charge on any atom is 0.109 e. The fourth-order valence-electron chi connectivity index (χ4n) is 1.69. The van der Waals surface area contributed by atoms with Crippen LogP contribution in [0.3, 0.4) is 0 Å². The van der Waals surface area contributed by atoms with Crippen LogP contribution in [0, 0.1) is 0 Å². The van der Waals surface area contributed by atoms with E-state index >= 15 is 0 Å². The summed E-state index contributed by atoms with van der Waals surface area (Å²) in [5.41, 5.74) is 0.726. The molecule has 0 amide bonds. The van der Waals surface area contributed by atoms with Crippen LogP contribution in [0.2, 0.25) is 5.02 Å². The van der Waals surface area contributed by atoms with Crippen LogP contribution in [-0.4, -0.2) is 14.6 Å². The Hall–Kier alpha value is -1.06. The first kappa shape index (κ1) is 11.4. The van der Waals surface area contributed by atoms with Gasteiger partial charge in [0.1, 0.15) is 5.76 Å². The van der Waals surface area contributed by atoms with Crippen molar-refractivity contribution in [3.63, 3.8) is 0 Å². The van der Waals surface area contributed by atoms with Crippen LogP contribution >= 0.6 is 11.6 Å². The molecule has 0 saturated heterocycles. The molecule has 1 aromatic rings. The van der Waals surface area contributed by atoms with Crippen LogP contribution < -0.4 is 0 Å². The fraction of sp³-hybridized carbons (Fsp3) is 0.167. The Bertz CT molecular complexity index is 494. The first-order chi connectivity index (χ1) is 7.63. The molecule has 0 spiro atoms. The van der Waals surface area contributed by atoms with Crippen molar-refractivity contribution in [2.24, 2.45) is 0 Å². The largest absolute Gasteiger partial charge is 0.511 e. The molecule has 0 bridgehead atoms. The smallest absolute Gasteiger partial charge is 0.109 e. The highest BCUT2D eigenvalue weighted by molar-refractivity contribution is 7.86. The van der Waals surface area contributed by atoms with Gasteiger partial charge >= 0.3 is 0 Å². The van der Waals surface area contributed by atoms with E-state index in [1.807, 2.05) is 0 Å². The van der Waals surface area contributed by atoms with Gasteiger partial charge in [-0.25, -0.2) is 0 Å². The molecule has 1 aromatic carbocycles. The molecule has 2 nitrogen and oxygen atoms in total. The van der Waals surface area contributed by atoms with Crippen molar-refractivity contribution in [1.82, 2.24) is 0 Å². The van der Waals surface area contributed by atoms with Crippen molar-refractivity contribution in [1.29, 1.82) is 0 Å². The van der Waals surface area contributed by atoms with Crippen molar-refractivity contribution in [2.75, 3.05) is 0 Å². The molecular weight excluding hydrogens is 244 g/mol. The summed E-state index contributed by atoms with van der Waals surface area (Å²) in [6.07, 6.45) is 3.78. The molecule has 1 aliphatic rings. The van der Waals surface area contributed by atoms with E-state index in [0.717, 1.165) is 5.56 Å². The maximum absolute atomic E-state index is 12.1. The zero-order valence-electron chi connectivity index (χ0n) is 8.52. The van der Waals surface area contributed by atoms with Crippen molar-refractivity contribution in [3.05, 3.63) is 47.2 Å². The van der Waals surface area contributed by atoms with Crippen LogP contribution in [0.4, 0.5) is 0 Å². The molecule has 16 heavy (non-hydrogen) atoms. The number of hydrogen-bond acceptors (Lipinski definition) is 2. The number of rotatable bonds is 2. The summed E-state index contributed by atoms with van der Waals surface area (Å²) in [6.45, 7) is 3.60. The summed E-state index contributed by atoms with van der Waals surface area (Å²) in [7, 11) is -1.24. The van der Waals surface area contributed by atoms with Gasteiger partial charge in [-0.3, -0.25) is 4.21 Å². The van der Waals surface area contributed by atoms with Crippen molar-refractivity contribution in [3.8, 4) is 0 Å². The van der Waals surface area contributed by atoms with E-state index in [0.29, 0.717) is 16.3 Å². The average Bonchev–Trinajstić information content (AvgIpc) is 2.23. The first-order valence-electron chi connectivity index (χ1n) is 4.85. The quantitative estimate of drug-likeness (QED) is 0.823. The Labute approximate surface area is 102 Å². The third kappa shape index (κ3) is 1.93. The molecule has 1 N–H and O–H groups in total. The number of fused-ring (bicyclic) bond motifs is 1. The summed E-state index contributed by atoms with van der Waals surface area (Å²) in [5.74, 6) is 0.132. The molecular formula is C12H11ClO2S. The Balaban J connectivity index is 2.51. The monoisotopic (exact) mass is 254 g/mol. The fourth-order valence-corrected chi connectivity index (χ4v) is 3.33. The molecule has 84 valence electrons. The maximum atomic E-state index is 12.1. The SMILES string of the molecule is C=CCC1C(O)=Cc2cc(Cl)ccc2S1=O. The van der Waals surface area contributed by atoms with E-state index < -0.39 is 10.8 Å². The highest BCUT2D eigenvalue weighted by atomic mass is 35.5. The molecule has 0 saturated carbocycles. The van der Waals surface area contributed by atoms with Gasteiger partial charge in [-0.05, 0) is 36.3 Å². The highest BCUT2D eigenvalue weighted by Gasteiger charge is 2.27. The molecule has 1 heterocycles. The van der Waals surface area contributed by atoms with E-state index in [2.05, 4.69) is 6.58 Å². The topological polar surface area (TPSA) is 37.3 Å². The van der Waals surface area contributed by atoms with Gasteiger partial charge in [-0.15, -0.1) is 6.58 Å². The standard InChI is InChI=1S/C12H11ClO2S/c1-2-3-12-10(14)7-8-6-9(13)4-5-11(8)16(12)15/h2,4-7,12,14H,1,3H2. The minimum absolute atomic E-state index is 0.132. The predicted molar refractivity (Wildman–Crippen MR) is 67.1 cm³/mol. The molecule has 2 rings (SSSR count). The molecule has 0 aliphatic carbocycles. The van der Waals surface area contributed by atoms with Crippen molar-refractivity contribution < 1.29 is 9.32 Å². The van der Waals surface area contributed by atoms with Gasteiger partial charge < -0.3 is 5.11 Å². The van der Waals surface area contributed by atoms with Crippen LogP contribution in [-0.2, 0) is 10.8 Å². The lowest BCUT2D eigenvalue weighted by molar-refractivity contribution is 0.396. The number of allylic oxidation sites excluding steroid dienone is 1. The van der Waals surface area contributed by atoms with Gasteiger partial charge in [-0.1, -0.05) is 17.7 Å². The van der Waals surface area contributed by atoms with Crippen LogP contribution in [0.1, 0.15) is 12.0 Å². The predicted octanol–water partition coefficient (Wildman–Crippen LogP) is 3.30. The van der Waals surface area contributed by atoms with Gasteiger partial charge in [0.25, 0.3) is 0 Å². The average molecular weight is 255 g/mol. The molecule has 2 unspecified atom stereocenters. The molecule has 2 atom stereocenters. The minimum Gasteiger partial charge on any atom is -0.511 e. The lowest BCUT2D eigenvalue weighted by Gasteiger charge is -2.20. The third-order valence-electron chi connectivity index (χ3n) is 2.46. The number of aliphatic hydroxyl groups excluding tert-OH is 1. The van der Waals surface area contributed by atoms with Gasteiger partial charge in [0.05, 0.1) is 16.0 Å². The zero-order valence-corrected chi connectivity index (χ0v) is 10.1. The summed E-state index contributed by atoms with van der Waals surface area (Å²) in [4.78, 5) is 0.717. The summed E-state index contributed by atoms with van der Waals surface area (Å²) < 4.78 is 12.1. The first-order valence-corrected chi connectivity index (χ1v) is 6.44. The zero-order chi connectivity index (χ0) is 11.7. The number of aliphatic hydroxyl groups is 1.